The molecule has 3 nitrogen and oxygen atoms in total. The summed E-state index contributed by atoms with van der Waals surface area (Å²) in [5.74, 6) is -1.77. The van der Waals surface area contributed by atoms with E-state index in [9.17, 15) is 18.0 Å². The quantitative estimate of drug-likeness (QED) is 0.820. The van der Waals surface area contributed by atoms with Crippen molar-refractivity contribution < 1.29 is 23.1 Å². The van der Waals surface area contributed by atoms with Gasteiger partial charge >= 0.3 is 6.18 Å². The normalized spacial score (nSPS) is 30.9. The molecule has 0 bridgehead atoms. The molecule has 2 aliphatic rings. The molecule has 0 spiro atoms. The molecule has 0 atom stereocenters. The molecule has 2 rings (SSSR count). The second-order valence-electron chi connectivity index (χ2n) is 5.52. The molecule has 6 heteroatoms. The van der Waals surface area contributed by atoms with Crippen molar-refractivity contribution in [2.45, 2.75) is 50.2 Å². The first-order chi connectivity index (χ1) is 8.36. The summed E-state index contributed by atoms with van der Waals surface area (Å²) in [5.41, 5.74) is -0.474. The average molecular weight is 265 g/mol. The van der Waals surface area contributed by atoms with E-state index in [0.717, 1.165) is 12.8 Å². The van der Waals surface area contributed by atoms with E-state index in [4.69, 9.17) is 5.11 Å². The molecule has 2 fully saturated rings. The Hall–Kier alpha value is -0.780. The highest BCUT2D eigenvalue weighted by molar-refractivity contribution is 5.80. The van der Waals surface area contributed by atoms with Gasteiger partial charge in [0, 0.05) is 5.92 Å². The number of halogens is 3. The summed E-state index contributed by atoms with van der Waals surface area (Å²) in [6.45, 7) is -0.0867. The Morgan fingerprint density at radius 1 is 1.22 bits per heavy atom. The number of carbonyl (C=O) groups excluding carboxylic acids is 1. The molecule has 0 heterocycles. The van der Waals surface area contributed by atoms with Crippen LogP contribution in [-0.4, -0.2) is 29.3 Å². The molecular weight excluding hydrogens is 247 g/mol. The molecule has 0 saturated heterocycles. The van der Waals surface area contributed by atoms with Gasteiger partial charge in [0.05, 0.1) is 18.1 Å². The minimum atomic E-state index is -4.13. The molecule has 0 unspecified atom stereocenters. The zero-order valence-corrected chi connectivity index (χ0v) is 10.1. The van der Waals surface area contributed by atoms with E-state index in [2.05, 4.69) is 5.32 Å². The van der Waals surface area contributed by atoms with Crippen LogP contribution in [0.5, 0.6) is 0 Å². The summed E-state index contributed by atoms with van der Waals surface area (Å²) in [5, 5.41) is 11.9. The monoisotopic (exact) mass is 265 g/mol. The minimum Gasteiger partial charge on any atom is -0.394 e. The molecule has 2 saturated carbocycles. The van der Waals surface area contributed by atoms with E-state index in [0.29, 0.717) is 0 Å². The molecular formula is C12H18F3NO2. The predicted molar refractivity (Wildman–Crippen MR) is 58.7 cm³/mol. The van der Waals surface area contributed by atoms with Crippen LogP contribution in [0.2, 0.25) is 0 Å². The van der Waals surface area contributed by atoms with Gasteiger partial charge in [0.1, 0.15) is 0 Å². The molecule has 0 aromatic carbocycles. The van der Waals surface area contributed by atoms with Gasteiger partial charge < -0.3 is 10.4 Å². The summed E-state index contributed by atoms with van der Waals surface area (Å²) >= 11 is 0. The zero-order chi connectivity index (χ0) is 13.4. The van der Waals surface area contributed by atoms with Crippen LogP contribution < -0.4 is 5.32 Å². The lowest BCUT2D eigenvalue weighted by molar-refractivity contribution is -0.184. The standard InChI is InChI=1S/C12H18F3NO2/c13-12(14,15)9-3-1-8(2-4-9)10(18)16-11(7-17)5-6-11/h8-9,17H,1-7H2,(H,16,18). The van der Waals surface area contributed by atoms with E-state index >= 15 is 0 Å². The van der Waals surface area contributed by atoms with Crippen LogP contribution in [0, 0.1) is 11.8 Å². The summed E-state index contributed by atoms with van der Waals surface area (Å²) in [4.78, 5) is 11.9. The van der Waals surface area contributed by atoms with Crippen LogP contribution in [0.15, 0.2) is 0 Å². The van der Waals surface area contributed by atoms with Gasteiger partial charge in [0.25, 0.3) is 0 Å². The molecule has 0 aromatic heterocycles. The first kappa shape index (κ1) is 13.6. The maximum Gasteiger partial charge on any atom is 0.391 e. The maximum atomic E-state index is 12.5. The van der Waals surface area contributed by atoms with Crippen molar-refractivity contribution in [3.05, 3.63) is 0 Å². The smallest absolute Gasteiger partial charge is 0.391 e. The van der Waals surface area contributed by atoms with E-state index in [1.54, 1.807) is 0 Å². The number of hydrogen-bond donors (Lipinski definition) is 2. The highest BCUT2D eigenvalue weighted by Gasteiger charge is 2.46. The van der Waals surface area contributed by atoms with Gasteiger partial charge in [-0.1, -0.05) is 0 Å². The summed E-state index contributed by atoms with van der Waals surface area (Å²) in [7, 11) is 0. The van der Waals surface area contributed by atoms with E-state index in [1.807, 2.05) is 0 Å². The van der Waals surface area contributed by atoms with Gasteiger partial charge in [-0.2, -0.15) is 13.2 Å². The largest absolute Gasteiger partial charge is 0.394 e. The van der Waals surface area contributed by atoms with Gasteiger partial charge in [-0.25, -0.2) is 0 Å². The fourth-order valence-electron chi connectivity index (χ4n) is 2.52. The second-order valence-corrected chi connectivity index (χ2v) is 5.52. The third-order valence-corrected chi connectivity index (χ3v) is 4.11. The minimum absolute atomic E-state index is 0.0354. The van der Waals surface area contributed by atoms with Crippen molar-refractivity contribution in [1.82, 2.24) is 5.32 Å². The topological polar surface area (TPSA) is 49.3 Å². The molecule has 0 aliphatic heterocycles. The zero-order valence-electron chi connectivity index (χ0n) is 10.1. The first-order valence-corrected chi connectivity index (χ1v) is 6.36. The van der Waals surface area contributed by atoms with Crippen LogP contribution in [0.4, 0.5) is 13.2 Å². The Bertz CT molecular complexity index is 318. The van der Waals surface area contributed by atoms with Gasteiger partial charge in [0.2, 0.25) is 5.91 Å². The lowest BCUT2D eigenvalue weighted by Gasteiger charge is -2.30. The van der Waals surface area contributed by atoms with E-state index in [1.165, 1.54) is 0 Å². The number of nitrogens with one attached hydrogen (secondary N) is 1. The molecule has 2 aliphatic carbocycles. The van der Waals surface area contributed by atoms with Crippen molar-refractivity contribution in [3.8, 4) is 0 Å². The van der Waals surface area contributed by atoms with Gasteiger partial charge in [0.15, 0.2) is 0 Å². The van der Waals surface area contributed by atoms with Crippen molar-refractivity contribution in [2.24, 2.45) is 11.8 Å². The van der Waals surface area contributed by atoms with Gasteiger partial charge in [-0.05, 0) is 38.5 Å². The van der Waals surface area contributed by atoms with Gasteiger partial charge in [-0.3, -0.25) is 4.79 Å². The SMILES string of the molecule is O=C(NC1(CO)CC1)C1CCC(C(F)(F)F)CC1. The van der Waals surface area contributed by atoms with Gasteiger partial charge in [-0.15, -0.1) is 0 Å². The predicted octanol–water partition coefficient (Wildman–Crippen LogP) is 2.00. The Kier molecular flexibility index (Phi) is 3.58. The number of amides is 1. The maximum absolute atomic E-state index is 12.5. The molecule has 1 amide bonds. The fourth-order valence-corrected chi connectivity index (χ4v) is 2.52. The lowest BCUT2D eigenvalue weighted by Crippen LogP contribution is -2.44. The molecule has 104 valence electrons. The molecule has 18 heavy (non-hydrogen) atoms. The van der Waals surface area contributed by atoms with Crippen LogP contribution in [0.3, 0.4) is 0 Å². The second kappa shape index (κ2) is 4.72. The summed E-state index contributed by atoms with van der Waals surface area (Å²) in [6.07, 6.45) is -1.97. The first-order valence-electron chi connectivity index (χ1n) is 6.36. The van der Waals surface area contributed by atoms with Crippen LogP contribution in [0.1, 0.15) is 38.5 Å². The number of carbonyl (C=O) groups is 1. The molecule has 0 radical (unpaired) electrons. The van der Waals surface area contributed by atoms with Crippen molar-refractivity contribution in [1.29, 1.82) is 0 Å². The van der Waals surface area contributed by atoms with Crippen LogP contribution in [-0.2, 0) is 4.79 Å². The Labute approximate surface area is 104 Å². The van der Waals surface area contributed by atoms with Crippen LogP contribution in [0.25, 0.3) is 0 Å². The van der Waals surface area contributed by atoms with Crippen molar-refractivity contribution in [3.63, 3.8) is 0 Å². The van der Waals surface area contributed by atoms with Crippen molar-refractivity contribution >= 4 is 5.91 Å². The summed E-state index contributed by atoms with van der Waals surface area (Å²) < 4.78 is 37.4. The van der Waals surface area contributed by atoms with Crippen LogP contribution >= 0.6 is 0 Å². The highest BCUT2D eigenvalue weighted by atomic mass is 19.4. The van der Waals surface area contributed by atoms with E-state index in [-0.39, 0.29) is 44.1 Å². The lowest BCUT2D eigenvalue weighted by atomic mass is 9.81. The Balaban J connectivity index is 1.81. The van der Waals surface area contributed by atoms with Crippen molar-refractivity contribution in [2.75, 3.05) is 6.61 Å². The third kappa shape index (κ3) is 2.96. The highest BCUT2D eigenvalue weighted by Crippen LogP contribution is 2.40. The third-order valence-electron chi connectivity index (χ3n) is 4.11. The fraction of sp³-hybridized carbons (Fsp3) is 0.917. The number of aliphatic hydroxyl groups excluding tert-OH is 1. The van der Waals surface area contributed by atoms with E-state index < -0.39 is 17.6 Å². The number of rotatable bonds is 3. The molecule has 2 N–H and O–H groups in total. The Morgan fingerprint density at radius 3 is 2.17 bits per heavy atom. The number of hydrogen-bond acceptors (Lipinski definition) is 2. The number of alkyl halides is 3. The Morgan fingerprint density at radius 2 is 1.78 bits per heavy atom. The number of aliphatic hydroxyl groups is 1. The summed E-state index contributed by atoms with van der Waals surface area (Å²) in [6, 6.07) is 0. The molecule has 0 aromatic rings. The average Bonchev–Trinajstić information content (AvgIpc) is 3.08.